The van der Waals surface area contributed by atoms with Gasteiger partial charge in [-0.1, -0.05) is 152 Å². The third-order valence-corrected chi connectivity index (χ3v) is 12.3. The molecule has 62 heavy (non-hydrogen) atoms. The number of allylic oxidation sites excluding steroid dienone is 1. The largest absolute Gasteiger partial charge is 0.313 e. The molecule has 3 aromatic heterocycles. The van der Waals surface area contributed by atoms with Crippen LogP contribution in [0.3, 0.4) is 0 Å². The zero-order chi connectivity index (χ0) is 41.0. The maximum atomic E-state index is 5.16. The monoisotopic (exact) mass is 793 g/mol. The van der Waals surface area contributed by atoms with E-state index in [2.05, 4.69) is 209 Å². The van der Waals surface area contributed by atoms with Crippen molar-refractivity contribution in [3.63, 3.8) is 0 Å². The van der Waals surface area contributed by atoms with Crippen LogP contribution in [0.25, 0.3) is 107 Å². The summed E-state index contributed by atoms with van der Waals surface area (Å²) in [7, 11) is 0. The van der Waals surface area contributed by atoms with E-state index >= 15 is 0 Å². The first kappa shape index (κ1) is 35.8. The van der Waals surface area contributed by atoms with Gasteiger partial charge < -0.3 is 9.13 Å². The van der Waals surface area contributed by atoms with Crippen molar-refractivity contribution >= 4 is 44.5 Å². The minimum atomic E-state index is 0.630. The highest BCUT2D eigenvalue weighted by atomic mass is 15.0. The van der Waals surface area contributed by atoms with Crippen molar-refractivity contribution in [3.8, 4) is 62.1 Å². The molecule has 1 aliphatic rings. The molecule has 0 spiro atoms. The summed E-state index contributed by atoms with van der Waals surface area (Å²) in [6.45, 7) is 0. The Kier molecular flexibility index (Phi) is 8.56. The maximum Gasteiger partial charge on any atom is 0.164 e. The highest BCUT2D eigenvalue weighted by Crippen LogP contribution is 2.41. The van der Waals surface area contributed by atoms with Crippen LogP contribution in [-0.2, 0) is 6.42 Å². The summed E-state index contributed by atoms with van der Waals surface area (Å²) in [5.41, 5.74) is 16.1. The van der Waals surface area contributed by atoms with Crippen molar-refractivity contribution in [1.82, 2.24) is 24.1 Å². The van der Waals surface area contributed by atoms with E-state index < -0.39 is 0 Å². The molecule has 0 fully saturated rings. The first-order valence-electron chi connectivity index (χ1n) is 21.2. The third-order valence-electron chi connectivity index (χ3n) is 12.3. The fourth-order valence-corrected chi connectivity index (χ4v) is 9.37. The molecule has 1 aliphatic carbocycles. The molecule has 292 valence electrons. The Morgan fingerprint density at radius 1 is 0.323 bits per heavy atom. The SMILES string of the molecule is C1=C(n2c3ccccc3c3ccccc32)CCc2c1c1ccccc1n2-c1ccc(-c2nc(-c3cccc(-c4ccccc4)c3)nc(-c3cccc(-c4ccccc4)c3)n2)cc1. The second kappa shape index (κ2) is 14.8. The van der Waals surface area contributed by atoms with Gasteiger partial charge in [-0.05, 0) is 95.8 Å². The first-order chi connectivity index (χ1) is 30.7. The molecular weight excluding hydrogens is 755 g/mol. The van der Waals surface area contributed by atoms with Crippen LogP contribution in [0, 0.1) is 0 Å². The van der Waals surface area contributed by atoms with E-state index in [4.69, 9.17) is 15.0 Å². The Labute approximate surface area is 359 Å². The summed E-state index contributed by atoms with van der Waals surface area (Å²) < 4.78 is 4.92. The summed E-state index contributed by atoms with van der Waals surface area (Å²) in [6.07, 6.45) is 4.28. The summed E-state index contributed by atoms with van der Waals surface area (Å²) in [5.74, 6) is 1.89. The van der Waals surface area contributed by atoms with Gasteiger partial charge in [0, 0.05) is 55.5 Å². The van der Waals surface area contributed by atoms with E-state index in [0.29, 0.717) is 17.5 Å². The predicted octanol–water partition coefficient (Wildman–Crippen LogP) is 14.2. The summed E-state index contributed by atoms with van der Waals surface area (Å²) in [5, 5.41) is 3.83. The second-order valence-corrected chi connectivity index (χ2v) is 16.0. The van der Waals surface area contributed by atoms with E-state index in [1.807, 2.05) is 12.1 Å². The van der Waals surface area contributed by atoms with Gasteiger partial charge in [0.25, 0.3) is 0 Å². The first-order valence-corrected chi connectivity index (χ1v) is 21.2. The van der Waals surface area contributed by atoms with Gasteiger partial charge in [-0.25, -0.2) is 15.0 Å². The standard InChI is InChI=1S/C57H39N5/c1-3-15-38(16-4-1)41-19-13-21-43(35-41)56-58-55(59-57(60-56)44-22-14-20-42(36-44)39-17-5-2-6-18-39)40-29-31-45(32-30-40)61-53-28-12-9-25-49(53)50-37-46(33-34-54(50)61)62-51-26-10-7-23-47(51)48-24-8-11-27-52(48)62/h1-32,35-37H,33-34H2. The Balaban J connectivity index is 0.964. The van der Waals surface area contributed by atoms with Crippen LogP contribution in [0.2, 0.25) is 0 Å². The molecule has 12 rings (SSSR count). The third kappa shape index (κ3) is 6.13. The number of para-hydroxylation sites is 3. The van der Waals surface area contributed by atoms with Crippen molar-refractivity contribution in [1.29, 1.82) is 0 Å². The molecule has 3 heterocycles. The number of fused-ring (bicyclic) bond motifs is 6. The van der Waals surface area contributed by atoms with Crippen LogP contribution in [-0.4, -0.2) is 24.1 Å². The van der Waals surface area contributed by atoms with Gasteiger partial charge in [0.2, 0.25) is 0 Å². The summed E-state index contributed by atoms with van der Waals surface area (Å²) in [6, 6.07) is 72.9. The van der Waals surface area contributed by atoms with Crippen molar-refractivity contribution in [2.45, 2.75) is 12.8 Å². The molecule has 0 saturated heterocycles. The smallest absolute Gasteiger partial charge is 0.164 e. The fourth-order valence-electron chi connectivity index (χ4n) is 9.37. The summed E-state index contributed by atoms with van der Waals surface area (Å²) >= 11 is 0. The minimum Gasteiger partial charge on any atom is -0.313 e. The van der Waals surface area contributed by atoms with E-state index in [-0.39, 0.29) is 0 Å². The van der Waals surface area contributed by atoms with Gasteiger partial charge in [0.15, 0.2) is 17.5 Å². The lowest BCUT2D eigenvalue weighted by Crippen LogP contribution is -2.08. The van der Waals surface area contributed by atoms with Gasteiger partial charge in [-0.15, -0.1) is 0 Å². The predicted molar refractivity (Wildman–Crippen MR) is 256 cm³/mol. The number of hydrogen-bond donors (Lipinski definition) is 0. The molecule has 8 aromatic carbocycles. The quantitative estimate of drug-likeness (QED) is 0.161. The second-order valence-electron chi connectivity index (χ2n) is 16.0. The number of aromatic nitrogens is 5. The molecule has 0 amide bonds. The molecule has 0 unspecified atom stereocenters. The minimum absolute atomic E-state index is 0.630. The zero-order valence-electron chi connectivity index (χ0n) is 33.9. The number of hydrogen-bond acceptors (Lipinski definition) is 3. The highest BCUT2D eigenvalue weighted by Gasteiger charge is 2.24. The van der Waals surface area contributed by atoms with Gasteiger partial charge in [-0.2, -0.15) is 0 Å². The van der Waals surface area contributed by atoms with Crippen LogP contribution in [0.5, 0.6) is 0 Å². The van der Waals surface area contributed by atoms with E-state index in [0.717, 1.165) is 57.5 Å². The maximum absolute atomic E-state index is 5.16. The molecule has 11 aromatic rings. The molecule has 5 nitrogen and oxygen atoms in total. The fraction of sp³-hybridized carbons (Fsp3) is 0.0351. The zero-order valence-corrected chi connectivity index (χ0v) is 33.9. The van der Waals surface area contributed by atoms with Crippen molar-refractivity contribution in [2.75, 3.05) is 0 Å². The van der Waals surface area contributed by atoms with Crippen LogP contribution in [0.4, 0.5) is 0 Å². The van der Waals surface area contributed by atoms with Crippen molar-refractivity contribution in [3.05, 3.63) is 218 Å². The molecule has 0 bridgehead atoms. The Morgan fingerprint density at radius 2 is 0.758 bits per heavy atom. The topological polar surface area (TPSA) is 48.5 Å². The van der Waals surface area contributed by atoms with Crippen molar-refractivity contribution < 1.29 is 0 Å². The van der Waals surface area contributed by atoms with E-state index in [9.17, 15) is 0 Å². The average Bonchev–Trinajstić information content (AvgIpc) is 3.87. The summed E-state index contributed by atoms with van der Waals surface area (Å²) in [4.78, 5) is 15.5. The number of rotatable bonds is 7. The van der Waals surface area contributed by atoms with Crippen LogP contribution >= 0.6 is 0 Å². The molecular formula is C57H39N5. The highest BCUT2D eigenvalue weighted by molar-refractivity contribution is 6.11. The van der Waals surface area contributed by atoms with Gasteiger partial charge >= 0.3 is 0 Å². The van der Waals surface area contributed by atoms with E-state index in [1.54, 1.807) is 0 Å². The van der Waals surface area contributed by atoms with Crippen LogP contribution in [0.1, 0.15) is 17.7 Å². The van der Waals surface area contributed by atoms with Crippen LogP contribution in [0.15, 0.2) is 206 Å². The van der Waals surface area contributed by atoms with Gasteiger partial charge in [0.1, 0.15) is 0 Å². The number of benzene rings is 8. The Morgan fingerprint density at radius 3 is 1.31 bits per heavy atom. The Bertz CT molecular complexity index is 3350. The lowest BCUT2D eigenvalue weighted by Gasteiger charge is -2.20. The van der Waals surface area contributed by atoms with Gasteiger partial charge in [0.05, 0.1) is 16.6 Å². The molecule has 0 radical (unpaired) electrons. The molecule has 0 N–H and O–H groups in total. The van der Waals surface area contributed by atoms with Gasteiger partial charge in [-0.3, -0.25) is 0 Å². The molecule has 5 heteroatoms. The Hall–Kier alpha value is -8.15. The molecule has 0 aliphatic heterocycles. The van der Waals surface area contributed by atoms with E-state index in [1.165, 1.54) is 49.7 Å². The lowest BCUT2D eigenvalue weighted by atomic mass is 9.99. The van der Waals surface area contributed by atoms with Crippen molar-refractivity contribution in [2.24, 2.45) is 0 Å². The van der Waals surface area contributed by atoms with Crippen LogP contribution < -0.4 is 0 Å². The lowest BCUT2D eigenvalue weighted by molar-refractivity contribution is 0.873. The average molecular weight is 794 g/mol. The molecule has 0 saturated carbocycles. The molecule has 0 atom stereocenters. The normalized spacial score (nSPS) is 12.5. The number of nitrogens with zero attached hydrogens (tertiary/aromatic N) is 5.